The Kier molecular flexibility index (Phi) is 3.33. The fourth-order valence-corrected chi connectivity index (χ4v) is 1.20. The van der Waals surface area contributed by atoms with E-state index in [1.807, 2.05) is 0 Å². The van der Waals surface area contributed by atoms with Gasteiger partial charge in [-0.3, -0.25) is 0 Å². The van der Waals surface area contributed by atoms with Crippen molar-refractivity contribution < 1.29 is 0 Å². The molecule has 41 valence electrons. The molecule has 7 heavy (non-hydrogen) atoms. The van der Waals surface area contributed by atoms with E-state index in [2.05, 4.69) is 6.58 Å². The number of allylic oxidation sites excluding steroid dienone is 1. The Morgan fingerprint density at radius 3 is 1.71 bits per heavy atom. The zero-order valence-electron chi connectivity index (χ0n) is 3.50. The maximum atomic E-state index is 5.38. The second-order valence-electron chi connectivity index (χ2n) is 0.944. The van der Waals surface area contributed by atoms with Gasteiger partial charge in [-0.25, -0.2) is 0 Å². The first-order valence-electron chi connectivity index (χ1n) is 1.60. The number of hydrogen-bond acceptors (Lipinski definition) is 0. The van der Waals surface area contributed by atoms with Crippen LogP contribution >= 0.6 is 33.2 Å². The van der Waals surface area contributed by atoms with Gasteiger partial charge in [-0.1, -0.05) is 6.08 Å². The zero-order chi connectivity index (χ0) is 5.91. The van der Waals surface area contributed by atoms with Gasteiger partial charge >= 0.3 is 6.00 Å². The highest BCUT2D eigenvalue weighted by Gasteiger charge is 2.22. The average Bonchev–Trinajstić information content (AvgIpc) is 1.30. The Morgan fingerprint density at radius 1 is 1.29 bits per heavy atom. The fourth-order valence-electron chi connectivity index (χ4n) is 0.134. The van der Waals surface area contributed by atoms with Gasteiger partial charge in [0.05, 0.1) is 0 Å². The summed E-state index contributed by atoms with van der Waals surface area (Å²) in [7, 11) is 0. The van der Waals surface area contributed by atoms with E-state index in [0.29, 0.717) is 0 Å². The minimum atomic E-state index is -2.48. The van der Waals surface area contributed by atoms with Crippen LogP contribution in [0.3, 0.4) is 0 Å². The summed E-state index contributed by atoms with van der Waals surface area (Å²) in [6.07, 6.45) is 1.50. The summed E-state index contributed by atoms with van der Waals surface area (Å²) in [4.78, 5) is 0. The van der Waals surface area contributed by atoms with Gasteiger partial charge in [0.25, 0.3) is 0 Å². The molecule has 0 saturated heterocycles. The first kappa shape index (κ1) is 7.83. The van der Waals surface area contributed by atoms with E-state index in [-0.39, 0.29) is 0 Å². The molecule has 0 nitrogen and oxygen atoms in total. The standard InChI is InChI=1S/C3H4Cl3Si/c1-2-3-7(4,5)6/h2-3H,1H2. The molecule has 0 amide bonds. The van der Waals surface area contributed by atoms with E-state index in [1.54, 1.807) is 0 Å². The highest BCUT2D eigenvalue weighted by atomic mass is 35.8. The molecule has 0 N–H and O–H groups in total. The van der Waals surface area contributed by atoms with E-state index >= 15 is 0 Å². The molecule has 0 aromatic heterocycles. The van der Waals surface area contributed by atoms with Crippen LogP contribution in [0, 0.1) is 6.04 Å². The number of hydrogen-bond donors (Lipinski definition) is 0. The van der Waals surface area contributed by atoms with Crippen molar-refractivity contribution >= 4 is 39.2 Å². The molecule has 0 saturated carbocycles. The van der Waals surface area contributed by atoms with Crippen LogP contribution in [0.25, 0.3) is 0 Å². The normalized spacial score (nSPS) is 11.3. The van der Waals surface area contributed by atoms with Crippen molar-refractivity contribution in [2.45, 2.75) is 0 Å². The van der Waals surface area contributed by atoms with Crippen molar-refractivity contribution in [3.8, 4) is 0 Å². The average molecular weight is 175 g/mol. The van der Waals surface area contributed by atoms with Crippen LogP contribution in [0.15, 0.2) is 12.7 Å². The Morgan fingerprint density at radius 2 is 1.71 bits per heavy atom. The minimum Gasteiger partial charge on any atom is -0.125 e. The van der Waals surface area contributed by atoms with Gasteiger partial charge in [0.15, 0.2) is 0 Å². The molecule has 0 bridgehead atoms. The van der Waals surface area contributed by atoms with E-state index in [1.165, 1.54) is 12.1 Å². The summed E-state index contributed by atoms with van der Waals surface area (Å²) in [6.45, 7) is 3.37. The SMILES string of the molecule is C=C[CH][Si](Cl)(Cl)Cl. The molecule has 0 unspecified atom stereocenters. The predicted octanol–water partition coefficient (Wildman–Crippen LogP) is 2.57. The van der Waals surface area contributed by atoms with Crippen LogP contribution in [-0.4, -0.2) is 6.00 Å². The van der Waals surface area contributed by atoms with Gasteiger partial charge in [0.2, 0.25) is 0 Å². The molecule has 0 aromatic rings. The molecule has 1 radical (unpaired) electrons. The van der Waals surface area contributed by atoms with Crippen LogP contribution in [-0.2, 0) is 0 Å². The van der Waals surface area contributed by atoms with E-state index in [4.69, 9.17) is 33.2 Å². The molecule has 4 heteroatoms. The van der Waals surface area contributed by atoms with Gasteiger partial charge in [-0.05, 0) is 0 Å². The Labute approximate surface area is 58.2 Å². The summed E-state index contributed by atoms with van der Waals surface area (Å²) in [5.74, 6) is 0. The van der Waals surface area contributed by atoms with Gasteiger partial charge in [0.1, 0.15) is 0 Å². The molecule has 0 heterocycles. The van der Waals surface area contributed by atoms with Gasteiger partial charge in [-0.2, -0.15) is 0 Å². The molecule has 0 aliphatic carbocycles. The highest BCUT2D eigenvalue weighted by molar-refractivity contribution is 7.66. The summed E-state index contributed by atoms with van der Waals surface area (Å²) in [5.41, 5.74) is 0. The third-order valence-corrected chi connectivity index (χ3v) is 2.05. The van der Waals surface area contributed by atoms with Crippen LogP contribution < -0.4 is 0 Å². The van der Waals surface area contributed by atoms with Crippen molar-refractivity contribution in [1.82, 2.24) is 0 Å². The van der Waals surface area contributed by atoms with Crippen LogP contribution in [0.2, 0.25) is 0 Å². The highest BCUT2D eigenvalue weighted by Crippen LogP contribution is 2.22. The Hall–Kier alpha value is 0.827. The minimum absolute atomic E-state index is 1.50. The first-order valence-corrected chi connectivity index (χ1v) is 6.71. The lowest BCUT2D eigenvalue weighted by molar-refractivity contribution is 2.03. The second kappa shape index (κ2) is 2.97. The number of rotatable bonds is 2. The van der Waals surface area contributed by atoms with Gasteiger partial charge in [-0.15, -0.1) is 39.8 Å². The molecular formula is C3H4Cl3Si. The monoisotopic (exact) mass is 173 g/mol. The molecule has 0 aliphatic heterocycles. The smallest absolute Gasteiger partial charge is 0.125 e. The summed E-state index contributed by atoms with van der Waals surface area (Å²) in [5, 5.41) is 0. The van der Waals surface area contributed by atoms with Gasteiger partial charge < -0.3 is 0 Å². The topological polar surface area (TPSA) is 0 Å². The quantitative estimate of drug-likeness (QED) is 0.446. The zero-order valence-corrected chi connectivity index (χ0v) is 6.76. The first-order chi connectivity index (χ1) is 3.06. The lowest BCUT2D eigenvalue weighted by Crippen LogP contribution is -2.07. The largest absolute Gasteiger partial charge is 0.348 e. The number of halogens is 3. The molecule has 0 atom stereocenters. The maximum absolute atomic E-state index is 5.38. The predicted molar refractivity (Wildman–Crippen MR) is 37.8 cm³/mol. The maximum Gasteiger partial charge on any atom is 0.348 e. The van der Waals surface area contributed by atoms with Crippen molar-refractivity contribution in [2.75, 3.05) is 0 Å². The van der Waals surface area contributed by atoms with Crippen LogP contribution in [0.1, 0.15) is 0 Å². The molecular weight excluding hydrogens is 170 g/mol. The van der Waals surface area contributed by atoms with E-state index in [9.17, 15) is 0 Å². The van der Waals surface area contributed by atoms with E-state index in [0.717, 1.165) is 0 Å². The summed E-state index contributed by atoms with van der Waals surface area (Å²) < 4.78 is 0. The lowest BCUT2D eigenvalue weighted by Gasteiger charge is -1.98. The molecule has 0 fully saturated rings. The second-order valence-corrected chi connectivity index (χ2v) is 9.47. The Balaban J connectivity index is 3.34. The third-order valence-electron chi connectivity index (χ3n) is 0.307. The molecule has 0 spiro atoms. The van der Waals surface area contributed by atoms with Crippen LogP contribution in [0.5, 0.6) is 0 Å². The van der Waals surface area contributed by atoms with Crippen molar-refractivity contribution in [1.29, 1.82) is 0 Å². The lowest BCUT2D eigenvalue weighted by atomic mass is 10.8. The van der Waals surface area contributed by atoms with E-state index < -0.39 is 6.00 Å². The summed E-state index contributed by atoms with van der Waals surface area (Å²) >= 11 is 16.1. The molecule has 0 aliphatic rings. The molecule has 0 rings (SSSR count). The molecule has 0 aromatic carbocycles. The third kappa shape index (κ3) is 6.83. The van der Waals surface area contributed by atoms with Crippen molar-refractivity contribution in [3.63, 3.8) is 0 Å². The van der Waals surface area contributed by atoms with Crippen LogP contribution in [0.4, 0.5) is 0 Å². The fraction of sp³-hybridized carbons (Fsp3) is 0. The van der Waals surface area contributed by atoms with Crippen molar-refractivity contribution in [3.05, 3.63) is 18.7 Å². The van der Waals surface area contributed by atoms with Gasteiger partial charge in [0, 0.05) is 6.04 Å². The Bertz CT molecular complexity index is 65.1. The summed E-state index contributed by atoms with van der Waals surface area (Å²) in [6, 6.07) is -0.972. The van der Waals surface area contributed by atoms with Crippen molar-refractivity contribution in [2.24, 2.45) is 0 Å².